The van der Waals surface area contributed by atoms with Crippen LogP contribution in [0.15, 0.2) is 0 Å². The standard InChI is InChI=1S/C4H9NO2.2C2H4O2/c1-2-7-4(6)3-5;2*1-2(3)4/h2-3,5H2,1H3;2*1H3,(H,3,4). The fourth-order valence-electron chi connectivity index (χ4n) is 0.220. The molecule has 15 heavy (non-hydrogen) atoms. The number of nitrogens with two attached hydrogens (primary N) is 1. The molecule has 7 nitrogen and oxygen atoms in total. The summed E-state index contributed by atoms with van der Waals surface area (Å²) >= 11 is 0. The van der Waals surface area contributed by atoms with E-state index < -0.39 is 11.9 Å². The maximum absolute atomic E-state index is 10.1. The van der Waals surface area contributed by atoms with Gasteiger partial charge in [-0.25, -0.2) is 0 Å². The molecular weight excluding hydrogens is 206 g/mol. The van der Waals surface area contributed by atoms with Gasteiger partial charge in [0.15, 0.2) is 0 Å². The summed E-state index contributed by atoms with van der Waals surface area (Å²) in [6.45, 7) is 4.30. The number of esters is 1. The van der Waals surface area contributed by atoms with Crippen molar-refractivity contribution in [2.24, 2.45) is 5.73 Å². The second kappa shape index (κ2) is 14.9. The van der Waals surface area contributed by atoms with Gasteiger partial charge in [-0.05, 0) is 6.92 Å². The van der Waals surface area contributed by atoms with Crippen LogP contribution in [0.25, 0.3) is 0 Å². The van der Waals surface area contributed by atoms with Gasteiger partial charge in [-0.2, -0.15) is 0 Å². The SMILES string of the molecule is CC(=O)O.CC(=O)O.CCOC(=O)CN. The van der Waals surface area contributed by atoms with E-state index in [2.05, 4.69) is 4.74 Å². The first kappa shape index (κ1) is 19.0. The Kier molecular flexibility index (Phi) is 18.9. The van der Waals surface area contributed by atoms with E-state index >= 15 is 0 Å². The van der Waals surface area contributed by atoms with Gasteiger partial charge in [0, 0.05) is 13.8 Å². The third-order valence-electron chi connectivity index (χ3n) is 0.472. The van der Waals surface area contributed by atoms with Crippen molar-refractivity contribution < 1.29 is 29.3 Å². The fourth-order valence-corrected chi connectivity index (χ4v) is 0.220. The van der Waals surface area contributed by atoms with Crippen molar-refractivity contribution >= 4 is 17.9 Å². The Labute approximate surface area is 87.8 Å². The molecule has 0 heterocycles. The predicted octanol–water partition coefficient (Wildman–Crippen LogP) is -0.310. The zero-order valence-corrected chi connectivity index (χ0v) is 9.02. The van der Waals surface area contributed by atoms with E-state index in [1.807, 2.05) is 0 Å². The second-order valence-electron chi connectivity index (χ2n) is 2.05. The van der Waals surface area contributed by atoms with Gasteiger partial charge in [0.1, 0.15) is 0 Å². The van der Waals surface area contributed by atoms with E-state index in [4.69, 9.17) is 25.5 Å². The fraction of sp³-hybridized carbons (Fsp3) is 0.625. The number of hydrogen-bond acceptors (Lipinski definition) is 5. The van der Waals surface area contributed by atoms with Gasteiger partial charge in [0.25, 0.3) is 11.9 Å². The van der Waals surface area contributed by atoms with Gasteiger partial charge in [-0.15, -0.1) is 0 Å². The zero-order chi connectivity index (χ0) is 12.9. The lowest BCUT2D eigenvalue weighted by molar-refractivity contribution is -0.141. The summed E-state index contributed by atoms with van der Waals surface area (Å²) in [5.41, 5.74) is 4.88. The minimum absolute atomic E-state index is 0.0200. The molecule has 90 valence electrons. The number of hydrogen-bond donors (Lipinski definition) is 3. The molecule has 0 spiro atoms. The molecule has 0 amide bonds. The summed E-state index contributed by atoms with van der Waals surface area (Å²) in [6.07, 6.45) is 0. The number of aliphatic carboxylic acids is 2. The summed E-state index contributed by atoms with van der Waals surface area (Å²) in [5, 5.41) is 14.8. The minimum atomic E-state index is -0.833. The third kappa shape index (κ3) is 117. The van der Waals surface area contributed by atoms with Crippen molar-refractivity contribution in [3.05, 3.63) is 0 Å². The monoisotopic (exact) mass is 223 g/mol. The molecule has 7 heteroatoms. The van der Waals surface area contributed by atoms with Crippen LogP contribution in [0, 0.1) is 0 Å². The molecule has 0 bridgehead atoms. The molecule has 0 rings (SSSR count). The Morgan fingerprint density at radius 1 is 1.13 bits per heavy atom. The second-order valence-corrected chi connectivity index (χ2v) is 2.05. The maximum atomic E-state index is 10.1. The van der Waals surface area contributed by atoms with Gasteiger partial charge >= 0.3 is 5.97 Å². The first-order chi connectivity index (χ1) is 6.77. The lowest BCUT2D eigenvalue weighted by Crippen LogP contribution is -2.16. The molecule has 0 unspecified atom stereocenters. The smallest absolute Gasteiger partial charge is 0.319 e. The van der Waals surface area contributed by atoms with Gasteiger partial charge in [-0.3, -0.25) is 14.4 Å². The summed E-state index contributed by atoms with van der Waals surface area (Å²) < 4.78 is 4.43. The van der Waals surface area contributed by atoms with Crippen molar-refractivity contribution in [1.29, 1.82) is 0 Å². The molecule has 0 fully saturated rings. The van der Waals surface area contributed by atoms with Crippen LogP contribution in [-0.4, -0.2) is 41.3 Å². The van der Waals surface area contributed by atoms with Crippen LogP contribution in [0.3, 0.4) is 0 Å². The Morgan fingerprint density at radius 2 is 1.40 bits per heavy atom. The molecule has 0 aliphatic rings. The Hall–Kier alpha value is -1.63. The van der Waals surface area contributed by atoms with Crippen LogP contribution in [0.5, 0.6) is 0 Å². The van der Waals surface area contributed by atoms with Gasteiger partial charge in [-0.1, -0.05) is 0 Å². The largest absolute Gasteiger partial charge is 0.481 e. The maximum Gasteiger partial charge on any atom is 0.319 e. The van der Waals surface area contributed by atoms with E-state index in [9.17, 15) is 4.79 Å². The lowest BCUT2D eigenvalue weighted by atomic mass is 10.7. The van der Waals surface area contributed by atoms with E-state index in [0.717, 1.165) is 13.8 Å². The molecule has 0 aromatic rings. The molecule has 0 aromatic carbocycles. The van der Waals surface area contributed by atoms with Crippen LogP contribution in [0.2, 0.25) is 0 Å². The normalized spacial score (nSPS) is 7.20. The average molecular weight is 223 g/mol. The predicted molar refractivity (Wildman–Crippen MR) is 52.3 cm³/mol. The summed E-state index contributed by atoms with van der Waals surface area (Å²) in [7, 11) is 0. The first-order valence-corrected chi connectivity index (χ1v) is 4.02. The van der Waals surface area contributed by atoms with Gasteiger partial charge in [0.05, 0.1) is 13.2 Å². The van der Waals surface area contributed by atoms with Gasteiger partial charge < -0.3 is 20.7 Å². The van der Waals surface area contributed by atoms with E-state index in [1.54, 1.807) is 6.92 Å². The number of carbonyl (C=O) groups excluding carboxylic acids is 1. The molecule has 0 aromatic heterocycles. The van der Waals surface area contributed by atoms with Crippen molar-refractivity contribution in [3.8, 4) is 0 Å². The van der Waals surface area contributed by atoms with Crippen LogP contribution < -0.4 is 5.73 Å². The van der Waals surface area contributed by atoms with Crippen LogP contribution in [-0.2, 0) is 19.1 Å². The molecule has 4 N–H and O–H groups in total. The van der Waals surface area contributed by atoms with Crippen molar-refractivity contribution in [3.63, 3.8) is 0 Å². The van der Waals surface area contributed by atoms with E-state index in [1.165, 1.54) is 0 Å². The highest BCUT2D eigenvalue weighted by Gasteiger charge is 1.91. The van der Waals surface area contributed by atoms with Crippen LogP contribution in [0.4, 0.5) is 0 Å². The zero-order valence-electron chi connectivity index (χ0n) is 9.02. The van der Waals surface area contributed by atoms with Crippen molar-refractivity contribution in [2.75, 3.05) is 13.2 Å². The first-order valence-electron chi connectivity index (χ1n) is 4.02. The summed E-state index contributed by atoms with van der Waals surface area (Å²) in [5.74, 6) is -2.01. The average Bonchev–Trinajstić information content (AvgIpc) is 2.02. The number of carboxylic acids is 2. The minimum Gasteiger partial charge on any atom is -0.481 e. The van der Waals surface area contributed by atoms with Crippen LogP contribution >= 0.6 is 0 Å². The van der Waals surface area contributed by atoms with Crippen LogP contribution in [0.1, 0.15) is 20.8 Å². The molecule has 0 atom stereocenters. The number of rotatable bonds is 2. The highest BCUT2D eigenvalue weighted by Crippen LogP contribution is 1.69. The molecule has 0 saturated heterocycles. The lowest BCUT2D eigenvalue weighted by Gasteiger charge is -1.93. The summed E-state index contributed by atoms with van der Waals surface area (Å²) in [6, 6.07) is 0. The van der Waals surface area contributed by atoms with Crippen molar-refractivity contribution in [2.45, 2.75) is 20.8 Å². The van der Waals surface area contributed by atoms with E-state index in [0.29, 0.717) is 6.61 Å². The summed E-state index contributed by atoms with van der Waals surface area (Å²) in [4.78, 5) is 28.1. The molecule has 0 aliphatic heterocycles. The number of carboxylic acid groups (broad SMARTS) is 2. The topological polar surface area (TPSA) is 127 Å². The molecular formula is C8H17NO6. The number of ether oxygens (including phenoxy) is 1. The molecule has 0 saturated carbocycles. The van der Waals surface area contributed by atoms with Crippen molar-refractivity contribution in [1.82, 2.24) is 0 Å². The highest BCUT2D eigenvalue weighted by molar-refractivity contribution is 5.71. The Bertz CT molecular complexity index is 172. The number of carbonyl (C=O) groups is 3. The quantitative estimate of drug-likeness (QED) is 0.548. The molecule has 0 radical (unpaired) electrons. The highest BCUT2D eigenvalue weighted by atomic mass is 16.5. The molecule has 0 aliphatic carbocycles. The Morgan fingerprint density at radius 3 is 1.47 bits per heavy atom. The van der Waals surface area contributed by atoms with Gasteiger partial charge in [0.2, 0.25) is 0 Å². The third-order valence-corrected chi connectivity index (χ3v) is 0.472. The van der Waals surface area contributed by atoms with E-state index in [-0.39, 0.29) is 12.5 Å². The Balaban J connectivity index is -0.000000155.